The lowest BCUT2D eigenvalue weighted by molar-refractivity contribution is 0.616. The van der Waals surface area contributed by atoms with E-state index in [0.717, 1.165) is 13.0 Å². The molecule has 0 unspecified atom stereocenters. The average molecular weight is 252 g/mol. The van der Waals surface area contributed by atoms with Gasteiger partial charge >= 0.3 is 0 Å². The van der Waals surface area contributed by atoms with Crippen molar-refractivity contribution in [3.05, 3.63) is 0 Å². The molecule has 1 heterocycles. The maximum Gasteiger partial charge on any atom is 0.229 e. The van der Waals surface area contributed by atoms with Gasteiger partial charge in [0.15, 0.2) is 0 Å². The van der Waals surface area contributed by atoms with Crippen LogP contribution in [0.3, 0.4) is 0 Å². The SMILES string of the molecule is CCCCCCCCNc1nc(N)nc(NC)n1. The van der Waals surface area contributed by atoms with E-state index in [1.807, 2.05) is 0 Å². The van der Waals surface area contributed by atoms with Crippen molar-refractivity contribution in [2.24, 2.45) is 0 Å². The van der Waals surface area contributed by atoms with Crippen molar-refractivity contribution in [2.45, 2.75) is 45.4 Å². The second-order valence-electron chi connectivity index (χ2n) is 4.29. The zero-order chi connectivity index (χ0) is 13.2. The van der Waals surface area contributed by atoms with E-state index < -0.39 is 0 Å². The quantitative estimate of drug-likeness (QED) is 0.584. The van der Waals surface area contributed by atoms with Gasteiger partial charge in [0.1, 0.15) is 0 Å². The Morgan fingerprint density at radius 2 is 1.61 bits per heavy atom. The van der Waals surface area contributed by atoms with Crippen LogP contribution in [-0.2, 0) is 0 Å². The molecule has 0 radical (unpaired) electrons. The van der Waals surface area contributed by atoms with Crippen LogP contribution in [-0.4, -0.2) is 28.5 Å². The first kappa shape index (κ1) is 14.5. The number of unbranched alkanes of at least 4 members (excludes halogenated alkanes) is 5. The van der Waals surface area contributed by atoms with Crippen LogP contribution < -0.4 is 16.4 Å². The molecule has 18 heavy (non-hydrogen) atoms. The predicted octanol–water partition coefficient (Wildman–Crippen LogP) is 2.27. The summed E-state index contributed by atoms with van der Waals surface area (Å²) in [4.78, 5) is 12.1. The molecule has 1 aromatic rings. The number of nitrogens with two attached hydrogens (primary N) is 1. The standard InChI is InChI=1S/C12H24N6/c1-3-4-5-6-7-8-9-15-12-17-10(13)16-11(14-2)18-12/h3-9H2,1-2H3,(H4,13,14,15,16,17,18). The Labute approximate surface area is 109 Å². The van der Waals surface area contributed by atoms with Crippen LogP contribution in [0.15, 0.2) is 0 Å². The maximum atomic E-state index is 5.58. The van der Waals surface area contributed by atoms with E-state index in [4.69, 9.17) is 5.73 Å². The molecule has 4 N–H and O–H groups in total. The number of anilines is 3. The van der Waals surface area contributed by atoms with Gasteiger partial charge in [0, 0.05) is 13.6 Å². The van der Waals surface area contributed by atoms with Gasteiger partial charge in [-0.25, -0.2) is 0 Å². The van der Waals surface area contributed by atoms with Crippen LogP contribution in [0.1, 0.15) is 45.4 Å². The van der Waals surface area contributed by atoms with Gasteiger partial charge in [-0.05, 0) is 6.42 Å². The van der Waals surface area contributed by atoms with Gasteiger partial charge in [-0.3, -0.25) is 0 Å². The number of nitrogens with one attached hydrogen (secondary N) is 2. The zero-order valence-corrected chi connectivity index (χ0v) is 11.4. The Morgan fingerprint density at radius 1 is 0.944 bits per heavy atom. The zero-order valence-electron chi connectivity index (χ0n) is 11.4. The predicted molar refractivity (Wildman–Crippen MR) is 75.7 cm³/mol. The lowest BCUT2D eigenvalue weighted by Crippen LogP contribution is -2.10. The summed E-state index contributed by atoms with van der Waals surface area (Å²) < 4.78 is 0. The van der Waals surface area contributed by atoms with Crippen LogP contribution in [0.2, 0.25) is 0 Å². The van der Waals surface area contributed by atoms with Crippen LogP contribution >= 0.6 is 0 Å². The van der Waals surface area contributed by atoms with Gasteiger partial charge in [0.25, 0.3) is 0 Å². The highest BCUT2D eigenvalue weighted by atomic mass is 15.2. The largest absolute Gasteiger partial charge is 0.368 e. The fourth-order valence-electron chi connectivity index (χ4n) is 1.69. The molecular weight excluding hydrogens is 228 g/mol. The minimum Gasteiger partial charge on any atom is -0.368 e. The fraction of sp³-hybridized carbons (Fsp3) is 0.750. The summed E-state index contributed by atoms with van der Waals surface area (Å²) in [5.41, 5.74) is 5.58. The summed E-state index contributed by atoms with van der Waals surface area (Å²) in [6.07, 6.45) is 7.63. The van der Waals surface area contributed by atoms with E-state index >= 15 is 0 Å². The first-order valence-electron chi connectivity index (χ1n) is 6.69. The molecule has 0 atom stereocenters. The van der Waals surface area contributed by atoms with E-state index in [0.29, 0.717) is 11.9 Å². The van der Waals surface area contributed by atoms with Crippen LogP contribution in [0.4, 0.5) is 17.8 Å². The summed E-state index contributed by atoms with van der Waals surface area (Å²) in [7, 11) is 1.76. The minimum atomic E-state index is 0.236. The van der Waals surface area contributed by atoms with Crippen molar-refractivity contribution in [2.75, 3.05) is 30.0 Å². The molecule has 102 valence electrons. The van der Waals surface area contributed by atoms with Crippen LogP contribution in [0, 0.1) is 0 Å². The van der Waals surface area contributed by atoms with Gasteiger partial charge in [-0.1, -0.05) is 39.0 Å². The van der Waals surface area contributed by atoms with Crippen molar-refractivity contribution >= 4 is 17.8 Å². The van der Waals surface area contributed by atoms with E-state index in [2.05, 4.69) is 32.5 Å². The Bertz CT molecular complexity index is 341. The Hall–Kier alpha value is -1.59. The minimum absolute atomic E-state index is 0.236. The van der Waals surface area contributed by atoms with Crippen molar-refractivity contribution in [1.29, 1.82) is 0 Å². The van der Waals surface area contributed by atoms with Crippen molar-refractivity contribution < 1.29 is 0 Å². The smallest absolute Gasteiger partial charge is 0.229 e. The Kier molecular flexibility index (Phi) is 6.83. The summed E-state index contributed by atoms with van der Waals surface area (Å²) in [5, 5.41) is 6.02. The van der Waals surface area contributed by atoms with Gasteiger partial charge in [-0.15, -0.1) is 0 Å². The first-order valence-corrected chi connectivity index (χ1v) is 6.69. The molecule has 0 aliphatic heterocycles. The molecule has 0 spiro atoms. The number of hydrogen-bond acceptors (Lipinski definition) is 6. The molecule has 0 bridgehead atoms. The third-order valence-corrected chi connectivity index (χ3v) is 2.69. The topological polar surface area (TPSA) is 88.8 Å². The van der Waals surface area contributed by atoms with Gasteiger partial charge in [0.05, 0.1) is 0 Å². The van der Waals surface area contributed by atoms with E-state index in [-0.39, 0.29) is 5.95 Å². The average Bonchev–Trinajstić information content (AvgIpc) is 2.37. The molecule has 0 aromatic carbocycles. The van der Waals surface area contributed by atoms with E-state index in [9.17, 15) is 0 Å². The lowest BCUT2D eigenvalue weighted by Gasteiger charge is -2.06. The highest BCUT2D eigenvalue weighted by molar-refractivity contribution is 5.39. The number of rotatable bonds is 9. The number of aromatic nitrogens is 3. The molecular formula is C12H24N6. The van der Waals surface area contributed by atoms with E-state index in [1.54, 1.807) is 7.05 Å². The first-order chi connectivity index (χ1) is 8.76. The maximum absolute atomic E-state index is 5.58. The Balaban J connectivity index is 2.20. The molecule has 6 nitrogen and oxygen atoms in total. The third kappa shape index (κ3) is 5.65. The molecule has 0 fully saturated rings. The fourth-order valence-corrected chi connectivity index (χ4v) is 1.69. The lowest BCUT2D eigenvalue weighted by atomic mass is 10.1. The Morgan fingerprint density at radius 3 is 2.33 bits per heavy atom. The van der Waals surface area contributed by atoms with Crippen LogP contribution in [0.25, 0.3) is 0 Å². The van der Waals surface area contributed by atoms with Crippen molar-refractivity contribution in [3.63, 3.8) is 0 Å². The van der Waals surface area contributed by atoms with Gasteiger partial charge in [0.2, 0.25) is 17.8 Å². The highest BCUT2D eigenvalue weighted by Crippen LogP contribution is 2.08. The summed E-state index contributed by atoms with van der Waals surface area (Å²) in [6.45, 7) is 3.10. The summed E-state index contributed by atoms with van der Waals surface area (Å²) >= 11 is 0. The van der Waals surface area contributed by atoms with Crippen molar-refractivity contribution in [1.82, 2.24) is 15.0 Å². The monoisotopic (exact) mass is 252 g/mol. The second-order valence-corrected chi connectivity index (χ2v) is 4.29. The number of nitrogen functional groups attached to an aromatic ring is 1. The second kappa shape index (κ2) is 8.49. The molecule has 0 saturated carbocycles. The van der Waals surface area contributed by atoms with E-state index in [1.165, 1.54) is 32.1 Å². The molecule has 0 saturated heterocycles. The summed E-state index contributed by atoms with van der Waals surface area (Å²) in [6, 6.07) is 0. The molecule has 6 heteroatoms. The van der Waals surface area contributed by atoms with Crippen molar-refractivity contribution in [3.8, 4) is 0 Å². The highest BCUT2D eigenvalue weighted by Gasteiger charge is 2.01. The molecule has 0 aliphatic rings. The normalized spacial score (nSPS) is 10.3. The number of nitrogens with zero attached hydrogens (tertiary/aromatic N) is 3. The third-order valence-electron chi connectivity index (χ3n) is 2.69. The molecule has 1 aromatic heterocycles. The van der Waals surface area contributed by atoms with Gasteiger partial charge in [-0.2, -0.15) is 15.0 Å². The molecule has 0 aliphatic carbocycles. The summed E-state index contributed by atoms with van der Waals surface area (Å²) in [5.74, 6) is 1.27. The number of hydrogen-bond donors (Lipinski definition) is 3. The molecule has 1 rings (SSSR count). The van der Waals surface area contributed by atoms with Crippen LogP contribution in [0.5, 0.6) is 0 Å². The molecule has 0 amide bonds. The van der Waals surface area contributed by atoms with Gasteiger partial charge < -0.3 is 16.4 Å².